The van der Waals surface area contributed by atoms with Gasteiger partial charge in [0.1, 0.15) is 0 Å². The molecule has 0 atom stereocenters. The molecule has 0 aliphatic heterocycles. The van der Waals surface area contributed by atoms with E-state index in [0.717, 1.165) is 31.5 Å². The number of rotatable bonds is 7. The predicted octanol–water partition coefficient (Wildman–Crippen LogP) is 9.11. The highest BCUT2D eigenvalue weighted by molar-refractivity contribution is 14.1. The maximum atomic E-state index is 4.58. The highest BCUT2D eigenvalue weighted by Crippen LogP contribution is 2.41. The summed E-state index contributed by atoms with van der Waals surface area (Å²) in [6.07, 6.45) is 7.95. The average molecular weight is 545 g/mol. The predicted molar refractivity (Wildman–Crippen MR) is 152 cm³/mol. The molecule has 0 saturated heterocycles. The van der Waals surface area contributed by atoms with Crippen LogP contribution >= 0.6 is 33.9 Å². The standard InChI is InChI=1S/C29H24INS/c1-4-5-11-19-31-29(27(21(3)30)22-13-7-6-8-14-22)20(2)23-16-12-18-26-28(23)24-15-9-10-17-25(24)32-26/h4-19,31H,2-3H2,1H3/b5-4-,19-11-,29-27+. The molecule has 32 heavy (non-hydrogen) atoms. The van der Waals surface area contributed by atoms with Crippen molar-refractivity contribution >= 4 is 65.2 Å². The zero-order valence-corrected chi connectivity index (χ0v) is 20.9. The van der Waals surface area contributed by atoms with Crippen LogP contribution in [-0.2, 0) is 0 Å². The molecule has 0 radical (unpaired) electrons. The van der Waals surface area contributed by atoms with Crippen LogP contribution < -0.4 is 5.32 Å². The molecule has 4 aromatic rings. The number of nitrogens with one attached hydrogen (secondary N) is 1. The Morgan fingerprint density at radius 2 is 1.59 bits per heavy atom. The molecule has 4 rings (SSSR count). The molecule has 1 heterocycles. The van der Waals surface area contributed by atoms with Gasteiger partial charge in [0.25, 0.3) is 0 Å². The Balaban J connectivity index is 1.96. The zero-order valence-electron chi connectivity index (χ0n) is 17.9. The molecule has 158 valence electrons. The van der Waals surface area contributed by atoms with E-state index in [9.17, 15) is 0 Å². The molecule has 0 spiro atoms. The molecule has 1 nitrogen and oxygen atoms in total. The normalized spacial score (nSPS) is 12.6. The topological polar surface area (TPSA) is 12.0 Å². The van der Waals surface area contributed by atoms with Crippen LogP contribution in [0.5, 0.6) is 0 Å². The fourth-order valence-electron chi connectivity index (χ4n) is 3.81. The minimum Gasteiger partial charge on any atom is -0.361 e. The second-order valence-corrected chi connectivity index (χ2v) is 9.69. The van der Waals surface area contributed by atoms with Gasteiger partial charge in [0, 0.05) is 35.5 Å². The summed E-state index contributed by atoms with van der Waals surface area (Å²) < 4.78 is 3.51. The van der Waals surface area contributed by atoms with Crippen molar-refractivity contribution in [2.45, 2.75) is 6.92 Å². The first kappa shape index (κ1) is 22.3. The maximum Gasteiger partial charge on any atom is 0.0543 e. The number of thiophene rings is 1. The van der Waals surface area contributed by atoms with Gasteiger partial charge >= 0.3 is 0 Å². The van der Waals surface area contributed by atoms with E-state index in [1.807, 2.05) is 48.8 Å². The molecule has 0 fully saturated rings. The molecule has 0 saturated carbocycles. The van der Waals surface area contributed by atoms with E-state index in [0.29, 0.717) is 0 Å². The summed E-state index contributed by atoms with van der Waals surface area (Å²) in [5.74, 6) is 0. The van der Waals surface area contributed by atoms with Gasteiger partial charge in [-0.25, -0.2) is 0 Å². The van der Waals surface area contributed by atoms with Crippen LogP contribution in [0.3, 0.4) is 0 Å². The van der Waals surface area contributed by atoms with E-state index >= 15 is 0 Å². The third kappa shape index (κ3) is 4.50. The van der Waals surface area contributed by atoms with E-state index in [-0.39, 0.29) is 0 Å². The Bertz CT molecular complexity index is 1390. The first-order valence-electron chi connectivity index (χ1n) is 10.4. The van der Waals surface area contributed by atoms with Crippen LogP contribution in [0.2, 0.25) is 0 Å². The molecule has 0 aliphatic carbocycles. The lowest BCUT2D eigenvalue weighted by Crippen LogP contribution is -2.10. The van der Waals surface area contributed by atoms with Crippen molar-refractivity contribution < 1.29 is 0 Å². The number of hydrogen-bond donors (Lipinski definition) is 1. The number of fused-ring (bicyclic) bond motifs is 3. The van der Waals surface area contributed by atoms with Gasteiger partial charge in [-0.15, -0.1) is 11.3 Å². The van der Waals surface area contributed by atoms with Gasteiger partial charge in [-0.3, -0.25) is 0 Å². The fourth-order valence-corrected chi connectivity index (χ4v) is 5.52. The quantitative estimate of drug-likeness (QED) is 0.180. The lowest BCUT2D eigenvalue weighted by Gasteiger charge is -2.19. The first-order valence-corrected chi connectivity index (χ1v) is 12.3. The van der Waals surface area contributed by atoms with Crippen molar-refractivity contribution in [1.82, 2.24) is 5.32 Å². The molecule has 0 aliphatic rings. The van der Waals surface area contributed by atoms with Crippen LogP contribution in [0.4, 0.5) is 0 Å². The number of hydrogen-bond acceptors (Lipinski definition) is 2. The summed E-state index contributed by atoms with van der Waals surface area (Å²) in [7, 11) is 0. The van der Waals surface area contributed by atoms with E-state index in [4.69, 9.17) is 0 Å². The van der Waals surface area contributed by atoms with Gasteiger partial charge in [0.05, 0.1) is 5.70 Å². The smallest absolute Gasteiger partial charge is 0.0543 e. The monoisotopic (exact) mass is 545 g/mol. The third-order valence-electron chi connectivity index (χ3n) is 5.24. The Morgan fingerprint density at radius 3 is 2.34 bits per heavy atom. The van der Waals surface area contributed by atoms with E-state index < -0.39 is 0 Å². The minimum atomic E-state index is 0.945. The van der Waals surface area contributed by atoms with Crippen LogP contribution in [-0.4, -0.2) is 0 Å². The summed E-state index contributed by atoms with van der Waals surface area (Å²) in [5, 5.41) is 6.04. The molecule has 1 aromatic heterocycles. The third-order valence-corrected chi connectivity index (χ3v) is 6.92. The zero-order chi connectivity index (χ0) is 22.5. The van der Waals surface area contributed by atoms with Gasteiger partial charge in [-0.2, -0.15) is 0 Å². The van der Waals surface area contributed by atoms with E-state index in [1.54, 1.807) is 0 Å². The van der Waals surface area contributed by atoms with Crippen molar-refractivity contribution in [1.29, 1.82) is 0 Å². The summed E-state index contributed by atoms with van der Waals surface area (Å²) in [6.45, 7) is 10.9. The summed E-state index contributed by atoms with van der Waals surface area (Å²) in [6, 6.07) is 25.4. The Morgan fingerprint density at radius 1 is 0.875 bits per heavy atom. The number of benzene rings is 3. The Hall–Kier alpha value is -2.89. The van der Waals surface area contributed by atoms with Gasteiger partial charge in [0.2, 0.25) is 0 Å². The number of halogens is 1. The van der Waals surface area contributed by atoms with Crippen molar-refractivity contribution in [3.63, 3.8) is 0 Å². The van der Waals surface area contributed by atoms with Crippen molar-refractivity contribution in [3.8, 4) is 0 Å². The average Bonchev–Trinajstić information content (AvgIpc) is 3.20. The first-order chi connectivity index (χ1) is 15.6. The van der Waals surface area contributed by atoms with Crippen molar-refractivity contribution in [3.05, 3.63) is 131 Å². The van der Waals surface area contributed by atoms with E-state index in [2.05, 4.69) is 108 Å². The molecule has 0 unspecified atom stereocenters. The van der Waals surface area contributed by atoms with Gasteiger partial charge in [-0.05, 0) is 64.4 Å². The lowest BCUT2D eigenvalue weighted by atomic mass is 9.93. The van der Waals surface area contributed by atoms with Crippen molar-refractivity contribution in [2.75, 3.05) is 0 Å². The fraction of sp³-hybridized carbons (Fsp3) is 0.0345. The molecular formula is C29H24INS. The van der Waals surface area contributed by atoms with Gasteiger partial charge in [0.15, 0.2) is 0 Å². The maximum absolute atomic E-state index is 4.58. The second-order valence-electron chi connectivity index (χ2n) is 7.31. The summed E-state index contributed by atoms with van der Waals surface area (Å²) in [4.78, 5) is 0. The SMILES string of the molecule is C=C(I)/C(=C(\N/C=C\C=C/C)C(=C)c1cccc2sc3ccccc3c12)c1ccccc1. The number of allylic oxidation sites excluding steroid dienone is 6. The molecule has 3 heteroatoms. The largest absolute Gasteiger partial charge is 0.361 e. The van der Waals surface area contributed by atoms with Gasteiger partial charge in [-0.1, -0.05) is 86.0 Å². The Kier molecular flexibility index (Phi) is 7.08. The second kappa shape index (κ2) is 10.2. The molecule has 0 amide bonds. The molecule has 1 N–H and O–H groups in total. The lowest BCUT2D eigenvalue weighted by molar-refractivity contribution is 1.13. The summed E-state index contributed by atoms with van der Waals surface area (Å²) >= 11 is 4.13. The molecular weight excluding hydrogens is 521 g/mol. The Labute approximate surface area is 207 Å². The van der Waals surface area contributed by atoms with Crippen LogP contribution in [0.25, 0.3) is 31.3 Å². The minimum absolute atomic E-state index is 0.945. The van der Waals surface area contributed by atoms with E-state index in [1.165, 1.54) is 20.2 Å². The molecule has 0 bridgehead atoms. The van der Waals surface area contributed by atoms with Crippen molar-refractivity contribution in [2.24, 2.45) is 0 Å². The highest BCUT2D eigenvalue weighted by Gasteiger charge is 2.18. The van der Waals surface area contributed by atoms with Crippen LogP contribution in [0.15, 0.2) is 120 Å². The molecule has 3 aromatic carbocycles. The van der Waals surface area contributed by atoms with Gasteiger partial charge < -0.3 is 5.32 Å². The van der Waals surface area contributed by atoms with Crippen LogP contribution in [0, 0.1) is 0 Å². The van der Waals surface area contributed by atoms with Crippen LogP contribution in [0.1, 0.15) is 18.1 Å². The summed E-state index contributed by atoms with van der Waals surface area (Å²) in [5.41, 5.74) is 5.20. The highest BCUT2D eigenvalue weighted by atomic mass is 127.